The van der Waals surface area contributed by atoms with Crippen LogP contribution in [-0.2, 0) is 0 Å². The Labute approximate surface area is 88.8 Å². The molecule has 0 fully saturated rings. The van der Waals surface area contributed by atoms with E-state index in [1.54, 1.807) is 0 Å². The number of aliphatic hydroxyl groups is 2. The van der Waals surface area contributed by atoms with E-state index in [1.165, 1.54) is 0 Å². The van der Waals surface area contributed by atoms with Gasteiger partial charge < -0.3 is 21.3 Å². The highest BCUT2D eigenvalue weighted by atomic mass is 16.3. The summed E-state index contributed by atoms with van der Waals surface area (Å²) in [7, 11) is 0. The fraction of sp³-hybridized carbons (Fsp3) is 0.455. The van der Waals surface area contributed by atoms with Gasteiger partial charge in [-0.3, -0.25) is 0 Å². The van der Waals surface area contributed by atoms with Crippen LogP contribution in [0, 0.1) is 5.92 Å². The summed E-state index contributed by atoms with van der Waals surface area (Å²) in [6.07, 6.45) is 7.28. The summed E-state index contributed by atoms with van der Waals surface area (Å²) >= 11 is 0. The smallest absolute Gasteiger partial charge is 0.0909 e. The molecule has 1 heterocycles. The van der Waals surface area contributed by atoms with Crippen molar-refractivity contribution in [3.05, 3.63) is 35.6 Å². The minimum Gasteiger partial charge on any atom is -0.390 e. The SMILES string of the molecule is NCC(O)C1=CC2C=C(CO)NC2C=C1. The molecule has 15 heavy (non-hydrogen) atoms. The van der Waals surface area contributed by atoms with Gasteiger partial charge in [0.15, 0.2) is 0 Å². The standard InChI is InChI=1S/C11H16N2O2/c12-5-11(15)7-1-2-10-8(3-7)4-9(6-14)13-10/h1-4,8,10-11,13-15H,5-6,12H2. The Hall–Kier alpha value is -1.10. The van der Waals surface area contributed by atoms with Crippen molar-refractivity contribution in [3.8, 4) is 0 Å². The van der Waals surface area contributed by atoms with Gasteiger partial charge in [-0.25, -0.2) is 0 Å². The van der Waals surface area contributed by atoms with Gasteiger partial charge in [0.05, 0.1) is 18.8 Å². The summed E-state index contributed by atoms with van der Waals surface area (Å²) in [5.41, 5.74) is 7.10. The van der Waals surface area contributed by atoms with Crippen LogP contribution >= 0.6 is 0 Å². The van der Waals surface area contributed by atoms with E-state index in [4.69, 9.17) is 10.8 Å². The number of aliphatic hydroxyl groups excluding tert-OH is 2. The molecule has 82 valence electrons. The minimum atomic E-state index is -0.589. The first-order chi connectivity index (χ1) is 7.24. The normalized spacial score (nSPS) is 30.3. The van der Waals surface area contributed by atoms with Crippen molar-refractivity contribution in [2.45, 2.75) is 12.1 Å². The van der Waals surface area contributed by atoms with Crippen molar-refractivity contribution in [1.82, 2.24) is 5.32 Å². The molecule has 0 aromatic heterocycles. The lowest BCUT2D eigenvalue weighted by atomic mass is 9.91. The molecule has 5 N–H and O–H groups in total. The second kappa shape index (κ2) is 4.18. The number of nitrogens with two attached hydrogens (primary N) is 1. The van der Waals surface area contributed by atoms with Crippen LogP contribution in [0.15, 0.2) is 35.6 Å². The zero-order valence-electron chi connectivity index (χ0n) is 8.43. The summed E-state index contributed by atoms with van der Waals surface area (Å²) in [6, 6.07) is 0.209. The van der Waals surface area contributed by atoms with Gasteiger partial charge in [0.2, 0.25) is 0 Å². The van der Waals surface area contributed by atoms with Gasteiger partial charge in [-0.1, -0.05) is 24.3 Å². The van der Waals surface area contributed by atoms with Crippen LogP contribution in [0.3, 0.4) is 0 Å². The second-order valence-electron chi connectivity index (χ2n) is 3.87. The maximum atomic E-state index is 9.59. The lowest BCUT2D eigenvalue weighted by Crippen LogP contribution is -2.30. The molecule has 2 aliphatic rings. The monoisotopic (exact) mass is 208 g/mol. The van der Waals surface area contributed by atoms with E-state index in [9.17, 15) is 5.11 Å². The average Bonchev–Trinajstić information content (AvgIpc) is 2.69. The van der Waals surface area contributed by atoms with E-state index in [2.05, 4.69) is 5.32 Å². The molecule has 0 aromatic carbocycles. The van der Waals surface area contributed by atoms with E-state index in [0.717, 1.165) is 11.3 Å². The maximum absolute atomic E-state index is 9.59. The molecule has 0 aromatic rings. The number of fused-ring (bicyclic) bond motifs is 1. The van der Waals surface area contributed by atoms with Crippen LogP contribution in [0.5, 0.6) is 0 Å². The Bertz CT molecular complexity index is 333. The summed E-state index contributed by atoms with van der Waals surface area (Å²) in [5, 5.41) is 21.8. The summed E-state index contributed by atoms with van der Waals surface area (Å²) < 4.78 is 0. The molecule has 3 unspecified atom stereocenters. The van der Waals surface area contributed by atoms with Gasteiger partial charge >= 0.3 is 0 Å². The molecular formula is C11H16N2O2. The summed E-state index contributed by atoms with van der Waals surface area (Å²) in [4.78, 5) is 0. The van der Waals surface area contributed by atoms with Crippen molar-refractivity contribution in [3.63, 3.8) is 0 Å². The van der Waals surface area contributed by atoms with Crippen molar-refractivity contribution >= 4 is 0 Å². The quantitative estimate of drug-likeness (QED) is 0.493. The Morgan fingerprint density at radius 1 is 1.47 bits per heavy atom. The number of hydrogen-bond acceptors (Lipinski definition) is 4. The Kier molecular flexibility index (Phi) is 2.90. The van der Waals surface area contributed by atoms with Crippen LogP contribution in [-0.4, -0.2) is 35.5 Å². The van der Waals surface area contributed by atoms with Gasteiger partial charge in [0.1, 0.15) is 0 Å². The van der Waals surface area contributed by atoms with Crippen LogP contribution in [0.25, 0.3) is 0 Å². The zero-order chi connectivity index (χ0) is 10.8. The molecule has 2 rings (SSSR count). The Balaban J connectivity index is 2.14. The fourth-order valence-corrected chi connectivity index (χ4v) is 1.97. The predicted molar refractivity (Wildman–Crippen MR) is 57.9 cm³/mol. The van der Waals surface area contributed by atoms with E-state index in [-0.39, 0.29) is 25.1 Å². The lowest BCUT2D eigenvalue weighted by Gasteiger charge is -2.21. The van der Waals surface area contributed by atoms with Crippen LogP contribution in [0.2, 0.25) is 0 Å². The van der Waals surface area contributed by atoms with Crippen molar-refractivity contribution in [2.75, 3.05) is 13.2 Å². The Morgan fingerprint density at radius 3 is 2.93 bits per heavy atom. The van der Waals surface area contributed by atoms with Gasteiger partial charge in [0.25, 0.3) is 0 Å². The molecule has 0 radical (unpaired) electrons. The van der Waals surface area contributed by atoms with Gasteiger partial charge in [-0.2, -0.15) is 0 Å². The lowest BCUT2D eigenvalue weighted by molar-refractivity contribution is 0.221. The highest BCUT2D eigenvalue weighted by molar-refractivity contribution is 5.36. The minimum absolute atomic E-state index is 0.0312. The molecule has 4 nitrogen and oxygen atoms in total. The van der Waals surface area contributed by atoms with Crippen LogP contribution < -0.4 is 11.1 Å². The van der Waals surface area contributed by atoms with Crippen LogP contribution in [0.4, 0.5) is 0 Å². The first kappa shape index (κ1) is 10.4. The number of rotatable bonds is 3. The summed E-state index contributed by atoms with van der Waals surface area (Å²) in [6.45, 7) is 0.265. The first-order valence-corrected chi connectivity index (χ1v) is 5.10. The molecule has 0 saturated heterocycles. The van der Waals surface area contributed by atoms with Gasteiger partial charge in [0, 0.05) is 18.2 Å². The van der Waals surface area contributed by atoms with Crippen molar-refractivity contribution in [1.29, 1.82) is 0 Å². The van der Waals surface area contributed by atoms with Crippen LogP contribution in [0.1, 0.15) is 0 Å². The third-order valence-electron chi connectivity index (χ3n) is 2.82. The molecule has 1 aliphatic carbocycles. The second-order valence-corrected chi connectivity index (χ2v) is 3.87. The largest absolute Gasteiger partial charge is 0.390 e. The van der Waals surface area contributed by atoms with E-state index in [0.29, 0.717) is 0 Å². The third kappa shape index (κ3) is 1.97. The molecule has 0 saturated carbocycles. The topological polar surface area (TPSA) is 78.5 Å². The van der Waals surface area contributed by atoms with Gasteiger partial charge in [-0.15, -0.1) is 0 Å². The molecule has 1 aliphatic heterocycles. The highest BCUT2D eigenvalue weighted by Gasteiger charge is 2.26. The van der Waals surface area contributed by atoms with Crippen molar-refractivity contribution < 1.29 is 10.2 Å². The summed E-state index contributed by atoms with van der Waals surface area (Å²) in [5.74, 6) is 0.216. The van der Waals surface area contributed by atoms with E-state index in [1.807, 2.05) is 24.3 Å². The molecule has 0 spiro atoms. The number of hydrogen-bond donors (Lipinski definition) is 4. The van der Waals surface area contributed by atoms with Crippen molar-refractivity contribution in [2.24, 2.45) is 11.7 Å². The molecule has 0 amide bonds. The molecule has 0 bridgehead atoms. The first-order valence-electron chi connectivity index (χ1n) is 5.10. The highest BCUT2D eigenvalue weighted by Crippen LogP contribution is 2.26. The maximum Gasteiger partial charge on any atom is 0.0909 e. The Morgan fingerprint density at radius 2 is 2.27 bits per heavy atom. The fourth-order valence-electron chi connectivity index (χ4n) is 1.97. The molecular weight excluding hydrogens is 192 g/mol. The predicted octanol–water partition coefficient (Wildman–Crippen LogP) is -0.734. The van der Waals surface area contributed by atoms with E-state index >= 15 is 0 Å². The average molecular weight is 208 g/mol. The zero-order valence-corrected chi connectivity index (χ0v) is 8.43. The molecule has 3 atom stereocenters. The number of nitrogens with one attached hydrogen (secondary N) is 1. The van der Waals surface area contributed by atoms with E-state index < -0.39 is 6.10 Å². The van der Waals surface area contributed by atoms with Gasteiger partial charge in [-0.05, 0) is 5.57 Å². The molecule has 4 heteroatoms. The third-order valence-corrected chi connectivity index (χ3v) is 2.82.